The van der Waals surface area contributed by atoms with E-state index in [0.717, 1.165) is 35.9 Å². The maximum absolute atomic E-state index is 5.35. The van der Waals surface area contributed by atoms with Crippen molar-refractivity contribution in [3.05, 3.63) is 162 Å². The highest BCUT2D eigenvalue weighted by molar-refractivity contribution is 6.12. The number of pyridine rings is 1. The molecule has 0 amide bonds. The Kier molecular flexibility index (Phi) is 6.26. The van der Waals surface area contributed by atoms with Gasteiger partial charge < -0.3 is 0 Å². The van der Waals surface area contributed by atoms with Gasteiger partial charge in [-0.3, -0.25) is 15.0 Å². The van der Waals surface area contributed by atoms with E-state index in [-0.39, 0.29) is 5.92 Å². The molecule has 3 nitrogen and oxygen atoms in total. The lowest BCUT2D eigenvalue weighted by molar-refractivity contribution is 0.424. The fourth-order valence-corrected chi connectivity index (χ4v) is 8.60. The first-order valence-corrected chi connectivity index (χ1v) is 17.1. The van der Waals surface area contributed by atoms with E-state index in [1.165, 1.54) is 66.7 Å². The van der Waals surface area contributed by atoms with Gasteiger partial charge in [-0.15, -0.1) is 0 Å². The molecular weight excluding hydrogens is 583 g/mol. The molecule has 3 heteroatoms. The first-order valence-electron chi connectivity index (χ1n) is 17.1. The average Bonchev–Trinajstić information content (AvgIpc) is 3.17. The average molecular weight is 616 g/mol. The van der Waals surface area contributed by atoms with Crippen LogP contribution in [0, 0.1) is 11.8 Å². The molecule has 48 heavy (non-hydrogen) atoms. The summed E-state index contributed by atoms with van der Waals surface area (Å²) in [5.74, 6) is 1.06. The summed E-state index contributed by atoms with van der Waals surface area (Å²) < 4.78 is 0. The number of nitrogens with zero attached hydrogens (tertiary/aromatic N) is 3. The van der Waals surface area contributed by atoms with Gasteiger partial charge >= 0.3 is 0 Å². The Morgan fingerprint density at radius 3 is 2.42 bits per heavy atom. The molecule has 0 saturated carbocycles. The predicted molar refractivity (Wildman–Crippen MR) is 200 cm³/mol. The molecule has 6 aromatic rings. The molecule has 2 aliphatic carbocycles. The number of benzene rings is 5. The number of aromatic nitrogens is 1. The minimum absolute atomic E-state index is 0.256. The number of aliphatic imine (C=N–C) groups is 2. The third-order valence-electron chi connectivity index (χ3n) is 10.8. The van der Waals surface area contributed by atoms with Crippen LogP contribution in [0.15, 0.2) is 149 Å². The lowest BCUT2D eigenvalue weighted by Gasteiger charge is -2.41. The Bertz CT molecular complexity index is 2440. The van der Waals surface area contributed by atoms with Gasteiger partial charge in [0.1, 0.15) is 0 Å². The van der Waals surface area contributed by atoms with Crippen LogP contribution in [0.2, 0.25) is 0 Å². The Balaban J connectivity index is 1.07. The van der Waals surface area contributed by atoms with Crippen LogP contribution >= 0.6 is 0 Å². The van der Waals surface area contributed by atoms with Gasteiger partial charge in [0.05, 0.1) is 16.9 Å². The van der Waals surface area contributed by atoms with Crippen molar-refractivity contribution >= 4 is 45.4 Å². The zero-order valence-electron chi connectivity index (χ0n) is 26.6. The van der Waals surface area contributed by atoms with Crippen molar-refractivity contribution in [3.63, 3.8) is 0 Å². The molecule has 5 aromatic carbocycles. The van der Waals surface area contributed by atoms with Gasteiger partial charge in [0.2, 0.25) is 0 Å². The van der Waals surface area contributed by atoms with Crippen LogP contribution in [0.4, 0.5) is 5.69 Å². The van der Waals surface area contributed by atoms with Crippen LogP contribution in [0.25, 0.3) is 50.0 Å². The molecular formula is C45H33N3. The monoisotopic (exact) mass is 615 g/mol. The van der Waals surface area contributed by atoms with E-state index >= 15 is 0 Å². The van der Waals surface area contributed by atoms with Crippen LogP contribution in [0.3, 0.4) is 0 Å². The highest BCUT2D eigenvalue weighted by Gasteiger charge is 2.41. The Labute approximate surface area is 280 Å². The fourth-order valence-electron chi connectivity index (χ4n) is 8.60. The van der Waals surface area contributed by atoms with Crippen LogP contribution in [-0.2, 0) is 6.42 Å². The lowest BCUT2D eigenvalue weighted by Crippen LogP contribution is -2.35. The first kappa shape index (κ1) is 27.4. The lowest BCUT2D eigenvalue weighted by atomic mass is 9.65. The van der Waals surface area contributed by atoms with E-state index in [4.69, 9.17) is 15.0 Å². The molecule has 1 aromatic heterocycles. The summed E-state index contributed by atoms with van der Waals surface area (Å²) in [5, 5.41) is 3.64. The van der Waals surface area contributed by atoms with Crippen molar-refractivity contribution in [3.8, 4) is 22.3 Å². The Morgan fingerprint density at radius 1 is 0.708 bits per heavy atom. The fraction of sp³-hybridized carbons (Fsp3) is 0.133. The molecule has 0 fully saturated rings. The molecule has 3 heterocycles. The van der Waals surface area contributed by atoms with Gasteiger partial charge in [-0.2, -0.15) is 0 Å². The summed E-state index contributed by atoms with van der Waals surface area (Å²) in [7, 11) is 0. The summed E-state index contributed by atoms with van der Waals surface area (Å²) in [5.41, 5.74) is 14.6. The number of hydrogen-bond acceptors (Lipinski definition) is 3. The third kappa shape index (κ3) is 4.24. The van der Waals surface area contributed by atoms with Crippen LogP contribution in [0.5, 0.6) is 0 Å². The summed E-state index contributed by atoms with van der Waals surface area (Å²) in [6.07, 6.45) is 18.3. The van der Waals surface area contributed by atoms with Gasteiger partial charge in [-0.1, -0.05) is 115 Å². The molecule has 228 valence electrons. The van der Waals surface area contributed by atoms with E-state index in [1.807, 2.05) is 18.5 Å². The molecule has 3 atom stereocenters. The smallest absolute Gasteiger partial charge is 0.0967 e. The number of aryl methyl sites for hydroxylation is 1. The van der Waals surface area contributed by atoms with Crippen molar-refractivity contribution in [2.75, 3.05) is 0 Å². The third-order valence-corrected chi connectivity index (χ3v) is 10.8. The summed E-state index contributed by atoms with van der Waals surface area (Å²) >= 11 is 0. The highest BCUT2D eigenvalue weighted by Crippen LogP contribution is 2.50. The standard InChI is InChI=1S/C45H33N3/c1-2-11-33-28(9-1)21-22-39-42(33)38-14-5-6-16-41(38)48-43(39)30-19-17-29(18-20-30)32-23-24-36(35-13-4-3-12-34(32)35)40-27-31-10-7-25-46-44(31)45-37(40)15-8-26-47-45/h1-6,8-9,11-13,15-27,38-39,42H,7,10,14H2. The van der Waals surface area contributed by atoms with E-state index in [2.05, 4.69) is 127 Å². The number of rotatable bonds is 3. The molecule has 0 radical (unpaired) electrons. The van der Waals surface area contributed by atoms with Crippen LogP contribution in [-0.4, -0.2) is 16.9 Å². The maximum atomic E-state index is 5.35. The Morgan fingerprint density at radius 2 is 1.50 bits per heavy atom. The van der Waals surface area contributed by atoms with Gasteiger partial charge in [-0.25, -0.2) is 0 Å². The van der Waals surface area contributed by atoms with Crippen LogP contribution < -0.4 is 0 Å². The number of allylic oxidation sites excluding steroid dienone is 5. The zero-order chi connectivity index (χ0) is 31.6. The SMILES string of the molecule is C1=CCC2C(=C1)N=C(c1ccc(-c3ccc(-c4cc5c(c6ncccc46)N=CCC5)c4ccccc34)cc1)C1C=Cc3ccccc3C12. The number of hydrogen-bond donors (Lipinski definition) is 0. The van der Waals surface area contributed by atoms with Gasteiger partial charge in [0, 0.05) is 41.2 Å². The van der Waals surface area contributed by atoms with E-state index in [0.29, 0.717) is 11.8 Å². The van der Waals surface area contributed by atoms with E-state index in [9.17, 15) is 0 Å². The van der Waals surface area contributed by atoms with Gasteiger partial charge in [-0.05, 0) is 92.8 Å². The topological polar surface area (TPSA) is 37.6 Å². The first-order chi connectivity index (χ1) is 23.8. The second-order valence-corrected chi connectivity index (χ2v) is 13.4. The minimum Gasteiger partial charge on any atom is -0.259 e. The quantitative estimate of drug-likeness (QED) is 0.195. The molecule has 10 rings (SSSR count). The zero-order valence-corrected chi connectivity index (χ0v) is 26.6. The molecule has 0 saturated heterocycles. The normalized spacial score (nSPS) is 20.5. The molecule has 4 aliphatic rings. The van der Waals surface area contributed by atoms with Crippen molar-refractivity contribution in [1.82, 2.24) is 4.98 Å². The van der Waals surface area contributed by atoms with Crippen molar-refractivity contribution in [2.45, 2.75) is 25.2 Å². The molecule has 2 aliphatic heterocycles. The highest BCUT2D eigenvalue weighted by atomic mass is 14.8. The van der Waals surface area contributed by atoms with Crippen molar-refractivity contribution in [1.29, 1.82) is 0 Å². The molecule has 0 bridgehead atoms. The van der Waals surface area contributed by atoms with E-state index in [1.54, 1.807) is 0 Å². The van der Waals surface area contributed by atoms with Crippen molar-refractivity contribution < 1.29 is 0 Å². The second kappa shape index (κ2) is 11.0. The van der Waals surface area contributed by atoms with Gasteiger partial charge in [0.15, 0.2) is 0 Å². The summed E-state index contributed by atoms with van der Waals surface area (Å²) in [6, 6.07) is 38.0. The summed E-state index contributed by atoms with van der Waals surface area (Å²) in [4.78, 5) is 14.9. The molecule has 0 N–H and O–H groups in total. The minimum atomic E-state index is 0.256. The Hall–Kier alpha value is -5.67. The van der Waals surface area contributed by atoms with Crippen molar-refractivity contribution in [2.24, 2.45) is 21.8 Å². The molecule has 0 spiro atoms. The molecule has 3 unspecified atom stereocenters. The number of fused-ring (bicyclic) bond motifs is 9. The maximum Gasteiger partial charge on any atom is 0.0967 e. The van der Waals surface area contributed by atoms with E-state index < -0.39 is 0 Å². The van der Waals surface area contributed by atoms with Gasteiger partial charge in [0.25, 0.3) is 0 Å². The van der Waals surface area contributed by atoms with Crippen LogP contribution in [0.1, 0.15) is 41.0 Å². The summed E-state index contributed by atoms with van der Waals surface area (Å²) in [6.45, 7) is 0. The predicted octanol–water partition coefficient (Wildman–Crippen LogP) is 11.1. The largest absolute Gasteiger partial charge is 0.259 e. The second-order valence-electron chi connectivity index (χ2n) is 13.4.